The zero-order chi connectivity index (χ0) is 8.91. The van der Waals surface area contributed by atoms with Crippen molar-refractivity contribution in [3.05, 3.63) is 0 Å². The summed E-state index contributed by atoms with van der Waals surface area (Å²) in [6.07, 6.45) is 3.47. The van der Waals surface area contributed by atoms with Gasteiger partial charge in [-0.3, -0.25) is 0 Å². The molecule has 12 heavy (non-hydrogen) atoms. The van der Waals surface area contributed by atoms with Crippen LogP contribution in [0.2, 0.25) is 0 Å². The van der Waals surface area contributed by atoms with Gasteiger partial charge in [-0.2, -0.15) is 4.89 Å². The maximum absolute atomic E-state index is 11.0. The van der Waals surface area contributed by atoms with Gasteiger partial charge in [0.05, 0.1) is 0 Å². The first kappa shape index (κ1) is 15.2. The molecule has 0 aromatic heterocycles. The Morgan fingerprint density at radius 3 is 1.75 bits per heavy atom. The van der Waals surface area contributed by atoms with Gasteiger partial charge in [-0.15, -0.1) is 0 Å². The first-order valence-electron chi connectivity index (χ1n) is 4.29. The molecular weight excluding hydrogens is 224 g/mol. The molecule has 0 fully saturated rings. The van der Waals surface area contributed by atoms with Crippen molar-refractivity contribution < 1.29 is 28.9 Å². The van der Waals surface area contributed by atoms with E-state index in [4.69, 9.17) is 4.89 Å². The Bertz CT molecular complexity index is 135. The Hall–Kier alpha value is 0.683. The summed E-state index contributed by atoms with van der Waals surface area (Å²) in [4.78, 5) is 9.10. The molecule has 0 aliphatic heterocycles. The van der Waals surface area contributed by atoms with Gasteiger partial charge in [0.25, 0.3) is 0 Å². The third-order valence-electron chi connectivity index (χ3n) is 2.44. The SMILES string of the molecule is CCCC(CC)(CC)[P+](=O)O.[Zn]. The van der Waals surface area contributed by atoms with E-state index in [0.717, 1.165) is 25.7 Å². The van der Waals surface area contributed by atoms with Crippen LogP contribution >= 0.6 is 8.03 Å². The van der Waals surface area contributed by atoms with Crippen LogP contribution in [0.3, 0.4) is 0 Å². The zero-order valence-corrected chi connectivity index (χ0v) is 12.2. The third-order valence-corrected chi connectivity index (χ3v) is 4.10. The van der Waals surface area contributed by atoms with E-state index in [2.05, 4.69) is 6.92 Å². The first-order valence-corrected chi connectivity index (χ1v) is 5.50. The minimum absolute atomic E-state index is 0. The largest absolute Gasteiger partial charge is 0.511 e. The molecule has 1 atom stereocenters. The van der Waals surface area contributed by atoms with E-state index in [9.17, 15) is 4.57 Å². The minimum Gasteiger partial charge on any atom is -0.160 e. The summed E-state index contributed by atoms with van der Waals surface area (Å²) in [5, 5.41) is -0.302. The van der Waals surface area contributed by atoms with Crippen LogP contribution in [0.1, 0.15) is 46.5 Å². The third kappa shape index (κ3) is 3.60. The van der Waals surface area contributed by atoms with Gasteiger partial charge in [0.15, 0.2) is 5.16 Å². The predicted molar refractivity (Wildman–Crippen MR) is 48.0 cm³/mol. The van der Waals surface area contributed by atoms with E-state index in [1.165, 1.54) is 0 Å². The number of hydrogen-bond acceptors (Lipinski definition) is 1. The van der Waals surface area contributed by atoms with Crippen molar-refractivity contribution in [2.45, 2.75) is 51.6 Å². The van der Waals surface area contributed by atoms with Crippen LogP contribution in [0, 0.1) is 0 Å². The maximum atomic E-state index is 11.0. The van der Waals surface area contributed by atoms with Gasteiger partial charge in [0.2, 0.25) is 0 Å². The fourth-order valence-electron chi connectivity index (χ4n) is 1.44. The normalized spacial score (nSPS) is 12.2. The Balaban J connectivity index is 0. The second kappa shape index (κ2) is 7.12. The van der Waals surface area contributed by atoms with Gasteiger partial charge in [-0.1, -0.05) is 27.2 Å². The van der Waals surface area contributed by atoms with E-state index in [1.807, 2.05) is 13.8 Å². The van der Waals surface area contributed by atoms with E-state index in [-0.39, 0.29) is 24.6 Å². The Labute approximate surface area is 88.8 Å². The van der Waals surface area contributed by atoms with Crippen molar-refractivity contribution >= 4 is 8.03 Å². The molecule has 0 aromatic rings. The summed E-state index contributed by atoms with van der Waals surface area (Å²) in [7, 11) is -2.00. The molecule has 0 aromatic carbocycles. The van der Waals surface area contributed by atoms with Gasteiger partial charge in [0, 0.05) is 19.5 Å². The van der Waals surface area contributed by atoms with Crippen LogP contribution in [0.15, 0.2) is 0 Å². The molecule has 0 bridgehead atoms. The molecule has 0 radical (unpaired) electrons. The quantitative estimate of drug-likeness (QED) is 0.594. The van der Waals surface area contributed by atoms with Crippen molar-refractivity contribution in [2.75, 3.05) is 0 Å². The molecule has 0 saturated carbocycles. The molecule has 1 unspecified atom stereocenters. The average molecular weight is 243 g/mol. The molecule has 0 aliphatic rings. The summed E-state index contributed by atoms with van der Waals surface area (Å²) >= 11 is 0. The standard InChI is InChI=1S/C8H17O2P.Zn/c1-4-7-8(5-2,6-3)11(9)10;/h4-7H2,1-3H3;/p+1. The van der Waals surface area contributed by atoms with E-state index in [0.29, 0.717) is 0 Å². The van der Waals surface area contributed by atoms with Crippen molar-refractivity contribution in [2.24, 2.45) is 0 Å². The Morgan fingerprint density at radius 1 is 1.25 bits per heavy atom. The first-order chi connectivity index (χ1) is 5.13. The molecule has 0 heterocycles. The molecule has 0 spiro atoms. The molecule has 0 amide bonds. The van der Waals surface area contributed by atoms with Crippen LogP contribution in [0.25, 0.3) is 0 Å². The fourth-order valence-corrected chi connectivity index (χ4v) is 2.39. The van der Waals surface area contributed by atoms with Crippen molar-refractivity contribution in [3.63, 3.8) is 0 Å². The second-order valence-corrected chi connectivity index (χ2v) is 4.45. The minimum atomic E-state index is -2.00. The zero-order valence-electron chi connectivity index (χ0n) is 8.34. The van der Waals surface area contributed by atoms with Gasteiger partial charge in [-0.25, -0.2) is 0 Å². The predicted octanol–water partition coefficient (Wildman–Crippen LogP) is 3.08. The smallest absolute Gasteiger partial charge is 0.160 e. The molecule has 2 nitrogen and oxygen atoms in total. The van der Waals surface area contributed by atoms with Crippen molar-refractivity contribution in [1.29, 1.82) is 0 Å². The summed E-state index contributed by atoms with van der Waals surface area (Å²) < 4.78 is 11.0. The average Bonchev–Trinajstić information content (AvgIpc) is 2.00. The van der Waals surface area contributed by atoms with E-state index < -0.39 is 8.03 Å². The summed E-state index contributed by atoms with van der Waals surface area (Å²) in [5.74, 6) is 0. The summed E-state index contributed by atoms with van der Waals surface area (Å²) in [6, 6.07) is 0. The Morgan fingerprint density at radius 2 is 1.67 bits per heavy atom. The van der Waals surface area contributed by atoms with Gasteiger partial charge in [0.1, 0.15) is 0 Å². The molecule has 4 heteroatoms. The monoisotopic (exact) mass is 241 g/mol. The maximum Gasteiger partial charge on any atom is 0.511 e. The molecule has 0 aliphatic carbocycles. The van der Waals surface area contributed by atoms with Crippen LogP contribution in [-0.2, 0) is 24.0 Å². The number of rotatable bonds is 5. The fraction of sp³-hybridized carbons (Fsp3) is 1.00. The van der Waals surface area contributed by atoms with Gasteiger partial charge >= 0.3 is 8.03 Å². The number of hydrogen-bond donors (Lipinski definition) is 1. The molecule has 1 N–H and O–H groups in total. The van der Waals surface area contributed by atoms with E-state index >= 15 is 0 Å². The Kier molecular flexibility index (Phi) is 9.00. The topological polar surface area (TPSA) is 37.3 Å². The van der Waals surface area contributed by atoms with Gasteiger partial charge in [-0.05, 0) is 23.8 Å². The molecule has 0 saturated heterocycles. The summed E-state index contributed by atoms with van der Waals surface area (Å²) in [5.41, 5.74) is 0. The van der Waals surface area contributed by atoms with Gasteiger partial charge < -0.3 is 0 Å². The van der Waals surface area contributed by atoms with Crippen LogP contribution in [-0.4, -0.2) is 10.0 Å². The second-order valence-electron chi connectivity index (χ2n) is 2.95. The van der Waals surface area contributed by atoms with Crippen LogP contribution in [0.4, 0.5) is 0 Å². The van der Waals surface area contributed by atoms with E-state index in [1.54, 1.807) is 0 Å². The molecule has 68 valence electrons. The molecule has 0 rings (SSSR count). The van der Waals surface area contributed by atoms with Crippen molar-refractivity contribution in [3.8, 4) is 0 Å². The summed E-state index contributed by atoms with van der Waals surface area (Å²) in [6.45, 7) is 6.03. The van der Waals surface area contributed by atoms with Crippen molar-refractivity contribution in [1.82, 2.24) is 0 Å². The molecular formula is C8H18O2PZn+. The van der Waals surface area contributed by atoms with Crippen LogP contribution in [0.5, 0.6) is 0 Å². The van der Waals surface area contributed by atoms with Crippen LogP contribution < -0.4 is 0 Å².